The van der Waals surface area contributed by atoms with Gasteiger partial charge in [0, 0.05) is 17.1 Å². The lowest BCUT2D eigenvalue weighted by atomic mass is 10.2. The lowest BCUT2D eigenvalue weighted by Gasteiger charge is -2.09. The van der Waals surface area contributed by atoms with E-state index in [-0.39, 0.29) is 0 Å². The zero-order valence-corrected chi connectivity index (χ0v) is 12.2. The fourth-order valence-electron chi connectivity index (χ4n) is 2.41. The first-order chi connectivity index (χ1) is 10.4. The highest BCUT2D eigenvalue weighted by atomic mass is 16.5. The predicted octanol–water partition coefficient (Wildman–Crippen LogP) is 4.12. The van der Waals surface area contributed by atoms with Crippen molar-refractivity contribution in [3.63, 3.8) is 0 Å². The highest BCUT2D eigenvalue weighted by Crippen LogP contribution is 2.22. The molecular formula is C18H19NO2. The molecule has 0 atom stereocenters. The van der Waals surface area contributed by atoms with E-state index in [9.17, 15) is 0 Å². The molecule has 0 amide bonds. The van der Waals surface area contributed by atoms with Gasteiger partial charge in [0.15, 0.2) is 0 Å². The second-order valence-corrected chi connectivity index (χ2v) is 4.82. The van der Waals surface area contributed by atoms with Crippen LogP contribution in [0, 0.1) is 0 Å². The van der Waals surface area contributed by atoms with Gasteiger partial charge in [0.2, 0.25) is 0 Å². The van der Waals surface area contributed by atoms with Crippen molar-refractivity contribution in [1.29, 1.82) is 0 Å². The number of aromatic nitrogens is 1. The molecule has 108 valence electrons. The summed E-state index contributed by atoms with van der Waals surface area (Å²) in [7, 11) is 0. The van der Waals surface area contributed by atoms with Crippen LogP contribution in [0.3, 0.4) is 0 Å². The molecule has 2 aromatic carbocycles. The molecule has 3 aromatic rings. The Bertz CT molecular complexity index is 704. The van der Waals surface area contributed by atoms with E-state index in [1.807, 2.05) is 43.3 Å². The molecule has 0 aliphatic heterocycles. The smallest absolute Gasteiger partial charge is 0.120 e. The summed E-state index contributed by atoms with van der Waals surface area (Å²) in [5, 5.41) is 1.20. The molecule has 3 nitrogen and oxygen atoms in total. The van der Waals surface area contributed by atoms with Gasteiger partial charge in [-0.3, -0.25) is 0 Å². The first kappa shape index (κ1) is 13.6. The van der Waals surface area contributed by atoms with Gasteiger partial charge in [-0.2, -0.15) is 0 Å². The maximum atomic E-state index is 5.74. The monoisotopic (exact) mass is 281 g/mol. The Hall–Kier alpha value is -2.42. The van der Waals surface area contributed by atoms with Crippen LogP contribution in [0.25, 0.3) is 10.9 Å². The van der Waals surface area contributed by atoms with E-state index in [1.165, 1.54) is 10.9 Å². The summed E-state index contributed by atoms with van der Waals surface area (Å²) >= 11 is 0. The second kappa shape index (κ2) is 6.35. The number of hydrogen-bond donors (Lipinski definition) is 0. The van der Waals surface area contributed by atoms with Crippen LogP contribution < -0.4 is 9.47 Å². The number of rotatable bonds is 6. The molecule has 3 heteroatoms. The normalized spacial score (nSPS) is 10.7. The highest BCUT2D eigenvalue weighted by Gasteiger charge is 2.03. The summed E-state index contributed by atoms with van der Waals surface area (Å²) in [5.41, 5.74) is 1.20. The van der Waals surface area contributed by atoms with Crippen molar-refractivity contribution in [1.82, 2.24) is 4.57 Å². The van der Waals surface area contributed by atoms with Gasteiger partial charge in [-0.05, 0) is 43.3 Å². The van der Waals surface area contributed by atoms with E-state index in [2.05, 4.69) is 29.0 Å². The lowest BCUT2D eigenvalue weighted by Crippen LogP contribution is -2.07. The van der Waals surface area contributed by atoms with E-state index in [0.717, 1.165) is 18.0 Å². The highest BCUT2D eigenvalue weighted by molar-refractivity contribution is 5.81. The van der Waals surface area contributed by atoms with Crippen LogP contribution >= 0.6 is 0 Å². The van der Waals surface area contributed by atoms with Gasteiger partial charge in [0.25, 0.3) is 0 Å². The Morgan fingerprint density at radius 2 is 1.76 bits per heavy atom. The second-order valence-electron chi connectivity index (χ2n) is 4.82. The molecular weight excluding hydrogens is 262 g/mol. The first-order valence-electron chi connectivity index (χ1n) is 7.26. The van der Waals surface area contributed by atoms with Crippen molar-refractivity contribution in [2.75, 3.05) is 13.2 Å². The molecule has 0 saturated carbocycles. The number of para-hydroxylation sites is 1. The Kier molecular flexibility index (Phi) is 4.10. The number of ether oxygens (including phenoxy) is 2. The van der Waals surface area contributed by atoms with E-state index in [4.69, 9.17) is 9.47 Å². The summed E-state index contributed by atoms with van der Waals surface area (Å²) in [6.45, 7) is 4.17. The molecule has 21 heavy (non-hydrogen) atoms. The molecule has 0 fully saturated rings. The summed E-state index contributed by atoms with van der Waals surface area (Å²) in [4.78, 5) is 0. The van der Waals surface area contributed by atoms with Gasteiger partial charge in [-0.15, -0.1) is 0 Å². The average Bonchev–Trinajstić information content (AvgIpc) is 2.91. The SMILES string of the molecule is CCOc1ccc2c(ccn2CCOc2ccccc2)c1. The van der Waals surface area contributed by atoms with Crippen LogP contribution in [-0.4, -0.2) is 17.8 Å². The summed E-state index contributed by atoms with van der Waals surface area (Å²) in [6.07, 6.45) is 2.09. The van der Waals surface area contributed by atoms with Gasteiger partial charge >= 0.3 is 0 Å². The molecule has 0 radical (unpaired) electrons. The first-order valence-corrected chi connectivity index (χ1v) is 7.26. The van der Waals surface area contributed by atoms with Gasteiger partial charge in [0.05, 0.1) is 13.2 Å². The zero-order chi connectivity index (χ0) is 14.5. The Balaban J connectivity index is 1.67. The van der Waals surface area contributed by atoms with E-state index in [1.54, 1.807) is 0 Å². The van der Waals surface area contributed by atoms with Crippen LogP contribution in [0.4, 0.5) is 0 Å². The van der Waals surface area contributed by atoms with Crippen LogP contribution in [0.5, 0.6) is 11.5 Å². The molecule has 0 unspecified atom stereocenters. The summed E-state index contributed by atoms with van der Waals surface area (Å²) < 4.78 is 13.5. The van der Waals surface area contributed by atoms with Gasteiger partial charge < -0.3 is 14.0 Å². The Labute approximate surface area is 124 Å². The molecule has 0 bridgehead atoms. The zero-order valence-electron chi connectivity index (χ0n) is 12.2. The minimum atomic E-state index is 0.654. The van der Waals surface area contributed by atoms with Crippen molar-refractivity contribution in [3.8, 4) is 11.5 Å². The van der Waals surface area contributed by atoms with Crippen molar-refractivity contribution >= 4 is 10.9 Å². The molecule has 0 aliphatic rings. The van der Waals surface area contributed by atoms with E-state index < -0.39 is 0 Å². The van der Waals surface area contributed by atoms with Crippen molar-refractivity contribution in [2.24, 2.45) is 0 Å². The fourth-order valence-corrected chi connectivity index (χ4v) is 2.41. The number of fused-ring (bicyclic) bond motifs is 1. The standard InChI is InChI=1S/C18H19NO2/c1-2-20-17-8-9-18-15(14-17)10-11-19(18)12-13-21-16-6-4-3-5-7-16/h3-11,14H,2,12-13H2,1H3. The Morgan fingerprint density at radius 3 is 2.57 bits per heavy atom. The largest absolute Gasteiger partial charge is 0.494 e. The molecule has 1 aromatic heterocycles. The summed E-state index contributed by atoms with van der Waals surface area (Å²) in [5.74, 6) is 1.83. The molecule has 0 saturated heterocycles. The molecule has 0 aliphatic carbocycles. The third-order valence-corrected chi connectivity index (χ3v) is 3.40. The van der Waals surface area contributed by atoms with Crippen LogP contribution in [-0.2, 0) is 6.54 Å². The van der Waals surface area contributed by atoms with E-state index >= 15 is 0 Å². The molecule has 0 N–H and O–H groups in total. The maximum Gasteiger partial charge on any atom is 0.120 e. The van der Waals surface area contributed by atoms with Crippen LogP contribution in [0.15, 0.2) is 60.8 Å². The average molecular weight is 281 g/mol. The van der Waals surface area contributed by atoms with Crippen molar-refractivity contribution in [2.45, 2.75) is 13.5 Å². The molecule has 3 rings (SSSR count). The number of hydrogen-bond acceptors (Lipinski definition) is 2. The summed E-state index contributed by atoms with van der Waals surface area (Å²) in [6, 6.07) is 18.2. The fraction of sp³-hybridized carbons (Fsp3) is 0.222. The Morgan fingerprint density at radius 1 is 0.905 bits per heavy atom. The quantitative estimate of drug-likeness (QED) is 0.678. The predicted molar refractivity (Wildman–Crippen MR) is 85.0 cm³/mol. The molecule has 1 heterocycles. The van der Waals surface area contributed by atoms with Crippen molar-refractivity contribution in [3.05, 3.63) is 60.8 Å². The van der Waals surface area contributed by atoms with Crippen LogP contribution in [0.2, 0.25) is 0 Å². The molecule has 0 spiro atoms. The van der Waals surface area contributed by atoms with E-state index in [0.29, 0.717) is 13.2 Å². The number of benzene rings is 2. The minimum absolute atomic E-state index is 0.654. The van der Waals surface area contributed by atoms with Gasteiger partial charge in [-0.25, -0.2) is 0 Å². The van der Waals surface area contributed by atoms with Gasteiger partial charge in [0.1, 0.15) is 18.1 Å². The lowest BCUT2D eigenvalue weighted by molar-refractivity contribution is 0.300. The van der Waals surface area contributed by atoms with Crippen molar-refractivity contribution < 1.29 is 9.47 Å². The third-order valence-electron chi connectivity index (χ3n) is 3.40. The van der Waals surface area contributed by atoms with Gasteiger partial charge in [-0.1, -0.05) is 18.2 Å². The number of nitrogens with zero attached hydrogens (tertiary/aromatic N) is 1. The maximum absolute atomic E-state index is 5.74. The third kappa shape index (κ3) is 3.19. The van der Waals surface area contributed by atoms with Crippen LogP contribution in [0.1, 0.15) is 6.92 Å². The topological polar surface area (TPSA) is 23.4 Å². The minimum Gasteiger partial charge on any atom is -0.494 e.